The Morgan fingerprint density at radius 2 is 1.76 bits per heavy atom. The van der Waals surface area contributed by atoms with E-state index in [2.05, 4.69) is 5.32 Å². The number of amides is 1. The Kier molecular flexibility index (Phi) is 5.75. The minimum Gasteiger partial charge on any atom is -0.481 e. The second-order valence-electron chi connectivity index (χ2n) is 6.42. The number of aliphatic carboxylic acids is 1. The Balaban J connectivity index is 2.42. The molecule has 122 valence electrons. The SMILES string of the molecule is CC(C)(CC(=O)O)CC(=O)NC1CCN(S(C)(=O)=O)CC1. The van der Waals surface area contributed by atoms with Gasteiger partial charge in [0.2, 0.25) is 15.9 Å². The third-order valence-electron chi connectivity index (χ3n) is 3.56. The van der Waals surface area contributed by atoms with E-state index in [1.165, 1.54) is 10.6 Å². The number of sulfonamides is 1. The minimum absolute atomic E-state index is 0.0453. The third-order valence-corrected chi connectivity index (χ3v) is 4.86. The van der Waals surface area contributed by atoms with Crippen LogP contribution in [0.15, 0.2) is 0 Å². The van der Waals surface area contributed by atoms with E-state index in [9.17, 15) is 18.0 Å². The van der Waals surface area contributed by atoms with Crippen LogP contribution in [0.5, 0.6) is 0 Å². The molecule has 1 amide bonds. The summed E-state index contributed by atoms with van der Waals surface area (Å²) < 4.78 is 24.2. The van der Waals surface area contributed by atoms with Gasteiger partial charge in [-0.05, 0) is 18.3 Å². The molecule has 0 aliphatic carbocycles. The van der Waals surface area contributed by atoms with E-state index >= 15 is 0 Å². The van der Waals surface area contributed by atoms with Crippen LogP contribution in [0.25, 0.3) is 0 Å². The normalized spacial score (nSPS) is 18.4. The molecular formula is C13H24N2O5S. The zero-order chi connectivity index (χ0) is 16.3. The highest BCUT2D eigenvalue weighted by Gasteiger charge is 2.29. The monoisotopic (exact) mass is 320 g/mol. The van der Waals surface area contributed by atoms with Crippen molar-refractivity contribution < 1.29 is 23.1 Å². The maximum absolute atomic E-state index is 12.0. The number of hydrogen-bond acceptors (Lipinski definition) is 4. The van der Waals surface area contributed by atoms with Gasteiger partial charge in [0, 0.05) is 25.6 Å². The van der Waals surface area contributed by atoms with E-state index in [0.717, 1.165) is 0 Å². The van der Waals surface area contributed by atoms with Gasteiger partial charge in [-0.15, -0.1) is 0 Å². The number of carboxylic acid groups (broad SMARTS) is 1. The molecule has 1 aliphatic heterocycles. The predicted molar refractivity (Wildman–Crippen MR) is 78.2 cm³/mol. The molecule has 1 aliphatic rings. The summed E-state index contributed by atoms with van der Waals surface area (Å²) in [7, 11) is -3.16. The molecule has 21 heavy (non-hydrogen) atoms. The quantitative estimate of drug-likeness (QED) is 0.738. The molecule has 0 bridgehead atoms. The summed E-state index contributed by atoms with van der Waals surface area (Å²) in [5.74, 6) is -1.10. The molecule has 0 aromatic rings. The maximum Gasteiger partial charge on any atom is 0.303 e. The molecule has 0 unspecified atom stereocenters. The fourth-order valence-electron chi connectivity index (χ4n) is 2.52. The molecule has 0 aromatic heterocycles. The standard InChI is InChI=1S/C13H24N2O5S/c1-13(2,9-12(17)18)8-11(16)14-10-4-6-15(7-5-10)21(3,19)20/h10H,4-9H2,1-3H3,(H,14,16)(H,17,18). The lowest BCUT2D eigenvalue weighted by atomic mass is 9.85. The van der Waals surface area contributed by atoms with E-state index in [4.69, 9.17) is 5.11 Å². The number of hydrogen-bond donors (Lipinski definition) is 2. The van der Waals surface area contributed by atoms with Crippen LogP contribution in [-0.2, 0) is 19.6 Å². The zero-order valence-corrected chi connectivity index (χ0v) is 13.6. The first-order valence-corrected chi connectivity index (χ1v) is 8.81. The van der Waals surface area contributed by atoms with Crippen molar-refractivity contribution in [2.45, 2.75) is 45.6 Å². The van der Waals surface area contributed by atoms with Crippen molar-refractivity contribution >= 4 is 21.9 Å². The molecule has 2 N–H and O–H groups in total. The average Bonchev–Trinajstić information content (AvgIpc) is 2.25. The Bertz CT molecular complexity index is 493. The van der Waals surface area contributed by atoms with Crippen LogP contribution in [0.1, 0.15) is 39.5 Å². The van der Waals surface area contributed by atoms with Gasteiger partial charge in [-0.1, -0.05) is 13.8 Å². The van der Waals surface area contributed by atoms with Crippen molar-refractivity contribution in [3.63, 3.8) is 0 Å². The molecule has 1 fully saturated rings. The molecule has 0 atom stereocenters. The molecule has 7 nitrogen and oxygen atoms in total. The molecule has 0 radical (unpaired) electrons. The average molecular weight is 320 g/mol. The van der Waals surface area contributed by atoms with Crippen LogP contribution in [-0.4, -0.2) is 55.1 Å². The summed E-state index contributed by atoms with van der Waals surface area (Å²) in [6.07, 6.45) is 2.43. The van der Waals surface area contributed by atoms with Gasteiger partial charge in [-0.3, -0.25) is 9.59 Å². The lowest BCUT2D eigenvalue weighted by Gasteiger charge is -2.31. The van der Waals surface area contributed by atoms with Crippen LogP contribution in [0, 0.1) is 5.41 Å². The van der Waals surface area contributed by atoms with Crippen LogP contribution in [0.2, 0.25) is 0 Å². The smallest absolute Gasteiger partial charge is 0.303 e. The Morgan fingerprint density at radius 3 is 2.19 bits per heavy atom. The summed E-state index contributed by atoms with van der Waals surface area (Å²) in [6, 6.07) is -0.0453. The summed E-state index contributed by atoms with van der Waals surface area (Å²) >= 11 is 0. The number of carbonyl (C=O) groups excluding carboxylic acids is 1. The van der Waals surface area contributed by atoms with Gasteiger partial charge in [-0.25, -0.2) is 12.7 Å². The highest BCUT2D eigenvalue weighted by molar-refractivity contribution is 7.88. The first kappa shape index (κ1) is 17.9. The van der Waals surface area contributed by atoms with Crippen molar-refractivity contribution in [3.8, 4) is 0 Å². The Labute approximate surface area is 125 Å². The number of carboxylic acids is 1. The molecule has 0 saturated carbocycles. The largest absolute Gasteiger partial charge is 0.481 e. The minimum atomic E-state index is -3.16. The molecule has 0 aromatic carbocycles. The highest BCUT2D eigenvalue weighted by atomic mass is 32.2. The van der Waals surface area contributed by atoms with Gasteiger partial charge in [0.25, 0.3) is 0 Å². The predicted octanol–water partition coefficient (Wildman–Crippen LogP) is 0.418. The van der Waals surface area contributed by atoms with E-state index in [0.29, 0.717) is 25.9 Å². The molecule has 1 saturated heterocycles. The number of nitrogens with zero attached hydrogens (tertiary/aromatic N) is 1. The van der Waals surface area contributed by atoms with Crippen LogP contribution >= 0.6 is 0 Å². The van der Waals surface area contributed by atoms with Crippen molar-refractivity contribution in [3.05, 3.63) is 0 Å². The summed E-state index contributed by atoms with van der Waals surface area (Å²) in [5.41, 5.74) is -0.594. The summed E-state index contributed by atoms with van der Waals surface area (Å²) in [5, 5.41) is 11.7. The van der Waals surface area contributed by atoms with Gasteiger partial charge in [0.1, 0.15) is 0 Å². The second kappa shape index (κ2) is 6.74. The highest BCUT2D eigenvalue weighted by Crippen LogP contribution is 2.25. The first-order valence-electron chi connectivity index (χ1n) is 6.96. The van der Waals surface area contributed by atoms with E-state index in [-0.39, 0.29) is 24.8 Å². The van der Waals surface area contributed by atoms with Gasteiger partial charge < -0.3 is 10.4 Å². The van der Waals surface area contributed by atoms with Crippen molar-refractivity contribution in [1.82, 2.24) is 9.62 Å². The van der Waals surface area contributed by atoms with E-state index in [1.54, 1.807) is 13.8 Å². The van der Waals surface area contributed by atoms with Crippen molar-refractivity contribution in [2.75, 3.05) is 19.3 Å². The fraction of sp³-hybridized carbons (Fsp3) is 0.846. The lowest BCUT2D eigenvalue weighted by Crippen LogP contribution is -2.46. The van der Waals surface area contributed by atoms with Crippen LogP contribution in [0.4, 0.5) is 0 Å². The number of nitrogens with one attached hydrogen (secondary N) is 1. The van der Waals surface area contributed by atoms with E-state index in [1.807, 2.05) is 0 Å². The van der Waals surface area contributed by atoms with Crippen LogP contribution in [0.3, 0.4) is 0 Å². The molecular weight excluding hydrogens is 296 g/mol. The van der Waals surface area contributed by atoms with E-state index < -0.39 is 21.4 Å². The zero-order valence-electron chi connectivity index (χ0n) is 12.8. The molecule has 8 heteroatoms. The van der Waals surface area contributed by atoms with Gasteiger partial charge in [0.05, 0.1) is 12.7 Å². The summed E-state index contributed by atoms with van der Waals surface area (Å²) in [6.45, 7) is 4.30. The second-order valence-corrected chi connectivity index (χ2v) is 8.40. The third kappa shape index (κ3) is 6.43. The van der Waals surface area contributed by atoms with Crippen molar-refractivity contribution in [1.29, 1.82) is 0 Å². The van der Waals surface area contributed by atoms with Gasteiger partial charge in [-0.2, -0.15) is 0 Å². The van der Waals surface area contributed by atoms with Crippen LogP contribution < -0.4 is 5.32 Å². The lowest BCUT2D eigenvalue weighted by molar-refractivity contribution is -0.139. The van der Waals surface area contributed by atoms with Gasteiger partial charge in [0.15, 0.2) is 0 Å². The summed E-state index contributed by atoms with van der Waals surface area (Å²) in [4.78, 5) is 22.7. The molecule has 0 spiro atoms. The number of carbonyl (C=O) groups is 2. The number of piperidine rings is 1. The maximum atomic E-state index is 12.0. The Hall–Kier alpha value is -1.15. The fourth-order valence-corrected chi connectivity index (χ4v) is 3.39. The van der Waals surface area contributed by atoms with Gasteiger partial charge >= 0.3 is 5.97 Å². The number of rotatable bonds is 6. The Morgan fingerprint density at radius 1 is 1.24 bits per heavy atom. The first-order chi connectivity index (χ1) is 9.49. The molecule has 1 heterocycles. The topological polar surface area (TPSA) is 104 Å². The molecule has 1 rings (SSSR count). The van der Waals surface area contributed by atoms with Crippen molar-refractivity contribution in [2.24, 2.45) is 5.41 Å².